The Hall–Kier alpha value is -2.42. The van der Waals surface area contributed by atoms with Gasteiger partial charge in [-0.05, 0) is 42.5 Å². The van der Waals surface area contributed by atoms with Crippen LogP contribution in [0, 0.1) is 0 Å². The third kappa shape index (κ3) is 4.52. The van der Waals surface area contributed by atoms with Crippen LogP contribution in [0.1, 0.15) is 17.3 Å². The van der Waals surface area contributed by atoms with Crippen molar-refractivity contribution < 1.29 is 18.0 Å². The summed E-state index contributed by atoms with van der Waals surface area (Å²) in [5, 5.41) is 3.22. The second kappa shape index (κ2) is 8.30. The van der Waals surface area contributed by atoms with E-state index in [1.807, 2.05) is 0 Å². The van der Waals surface area contributed by atoms with Gasteiger partial charge in [0.05, 0.1) is 4.90 Å². The third-order valence-electron chi connectivity index (χ3n) is 4.52. The highest BCUT2D eigenvalue weighted by Gasteiger charge is 2.29. The van der Waals surface area contributed by atoms with E-state index in [4.69, 9.17) is 11.6 Å². The molecule has 1 heterocycles. The lowest BCUT2D eigenvalue weighted by atomic mass is 10.2. The Balaban J connectivity index is 1.69. The maximum Gasteiger partial charge on any atom is 0.255 e. The van der Waals surface area contributed by atoms with Gasteiger partial charge in [-0.1, -0.05) is 17.7 Å². The summed E-state index contributed by atoms with van der Waals surface area (Å²) in [7, 11) is -3.67. The molecule has 0 bridgehead atoms. The number of hydrogen-bond acceptors (Lipinski definition) is 4. The molecule has 2 amide bonds. The Kier molecular flexibility index (Phi) is 6.02. The summed E-state index contributed by atoms with van der Waals surface area (Å²) in [6, 6.07) is 12.5. The number of piperazine rings is 1. The zero-order valence-corrected chi connectivity index (χ0v) is 16.8. The number of halogens is 1. The molecule has 9 heteroatoms. The molecule has 0 radical (unpaired) electrons. The monoisotopic (exact) mass is 421 g/mol. The molecule has 0 aromatic heterocycles. The highest BCUT2D eigenvalue weighted by atomic mass is 35.5. The molecule has 1 aliphatic rings. The Morgan fingerprint density at radius 2 is 1.64 bits per heavy atom. The first-order valence-corrected chi connectivity index (χ1v) is 10.5. The van der Waals surface area contributed by atoms with Gasteiger partial charge in [0.15, 0.2) is 0 Å². The molecule has 1 fully saturated rings. The molecule has 3 rings (SSSR count). The first kappa shape index (κ1) is 20.3. The van der Waals surface area contributed by atoms with Crippen molar-refractivity contribution in [2.75, 3.05) is 31.5 Å². The van der Waals surface area contributed by atoms with Gasteiger partial charge in [-0.15, -0.1) is 0 Å². The number of amides is 2. The van der Waals surface area contributed by atoms with E-state index in [1.54, 1.807) is 29.2 Å². The summed E-state index contributed by atoms with van der Waals surface area (Å²) in [5.41, 5.74) is 0.887. The minimum absolute atomic E-state index is 0.0629. The number of nitrogens with one attached hydrogen (secondary N) is 1. The minimum Gasteiger partial charge on any atom is -0.340 e. The van der Waals surface area contributed by atoms with Crippen molar-refractivity contribution in [2.24, 2.45) is 0 Å². The molecular weight excluding hydrogens is 402 g/mol. The van der Waals surface area contributed by atoms with Gasteiger partial charge in [-0.25, -0.2) is 8.42 Å². The molecule has 28 heavy (non-hydrogen) atoms. The number of nitrogens with zero attached hydrogens (tertiary/aromatic N) is 2. The van der Waals surface area contributed by atoms with Crippen LogP contribution in [0.3, 0.4) is 0 Å². The van der Waals surface area contributed by atoms with Crippen LogP contribution >= 0.6 is 11.6 Å². The summed E-state index contributed by atoms with van der Waals surface area (Å²) < 4.78 is 26.9. The average molecular weight is 422 g/mol. The number of carbonyl (C=O) groups excluding carboxylic acids is 2. The van der Waals surface area contributed by atoms with Crippen molar-refractivity contribution in [2.45, 2.75) is 11.8 Å². The second-order valence-electron chi connectivity index (χ2n) is 6.40. The van der Waals surface area contributed by atoms with Gasteiger partial charge in [0.2, 0.25) is 15.9 Å². The highest BCUT2D eigenvalue weighted by molar-refractivity contribution is 7.89. The summed E-state index contributed by atoms with van der Waals surface area (Å²) in [6.07, 6.45) is 0. The molecule has 2 aromatic rings. The Labute approximate surface area is 168 Å². The Morgan fingerprint density at radius 3 is 2.21 bits per heavy atom. The van der Waals surface area contributed by atoms with Crippen LogP contribution in [0.15, 0.2) is 53.4 Å². The number of anilines is 1. The maximum absolute atomic E-state index is 12.8. The minimum atomic E-state index is -3.67. The van der Waals surface area contributed by atoms with Crippen LogP contribution < -0.4 is 5.32 Å². The van der Waals surface area contributed by atoms with Crippen molar-refractivity contribution in [3.63, 3.8) is 0 Å². The number of benzene rings is 2. The molecule has 0 unspecified atom stereocenters. The van der Waals surface area contributed by atoms with Gasteiger partial charge in [0.25, 0.3) is 5.91 Å². The molecule has 1 N–H and O–H groups in total. The van der Waals surface area contributed by atoms with E-state index in [1.165, 1.54) is 35.5 Å². The Morgan fingerprint density at radius 1 is 1.00 bits per heavy atom. The van der Waals surface area contributed by atoms with Gasteiger partial charge in [-0.2, -0.15) is 4.31 Å². The predicted octanol–water partition coefficient (Wildman–Crippen LogP) is 2.45. The molecule has 1 aliphatic heterocycles. The fraction of sp³-hybridized carbons (Fsp3) is 0.263. The second-order valence-corrected chi connectivity index (χ2v) is 8.77. The van der Waals surface area contributed by atoms with Crippen LogP contribution in [0.2, 0.25) is 5.02 Å². The van der Waals surface area contributed by atoms with E-state index in [-0.39, 0.29) is 29.8 Å². The van der Waals surface area contributed by atoms with Gasteiger partial charge in [0.1, 0.15) is 0 Å². The van der Waals surface area contributed by atoms with E-state index < -0.39 is 10.0 Å². The fourth-order valence-electron chi connectivity index (χ4n) is 2.94. The van der Waals surface area contributed by atoms with Crippen LogP contribution in [0.25, 0.3) is 0 Å². The van der Waals surface area contributed by atoms with Crippen molar-refractivity contribution in [1.82, 2.24) is 9.21 Å². The fourth-order valence-corrected chi connectivity index (χ4v) is 4.55. The van der Waals surface area contributed by atoms with E-state index in [9.17, 15) is 18.0 Å². The number of carbonyl (C=O) groups is 2. The Bertz CT molecular complexity index is 984. The van der Waals surface area contributed by atoms with E-state index in [0.29, 0.717) is 29.4 Å². The average Bonchev–Trinajstić information content (AvgIpc) is 2.68. The molecule has 7 nitrogen and oxygen atoms in total. The first-order chi connectivity index (χ1) is 13.3. The van der Waals surface area contributed by atoms with Crippen molar-refractivity contribution >= 4 is 39.1 Å². The van der Waals surface area contributed by atoms with E-state index in [2.05, 4.69) is 5.32 Å². The van der Waals surface area contributed by atoms with E-state index in [0.717, 1.165) is 0 Å². The summed E-state index contributed by atoms with van der Waals surface area (Å²) >= 11 is 5.90. The lowest BCUT2D eigenvalue weighted by Crippen LogP contribution is -2.49. The standard InChI is InChI=1S/C19H20ClN3O4S/c1-14(24)22-9-11-23(12-10-22)28(26,27)18-7-5-15(6-8-18)19(25)21-17-4-2-3-16(20)13-17/h2-8,13H,9-12H2,1H3,(H,21,25). The lowest BCUT2D eigenvalue weighted by molar-refractivity contribution is -0.129. The van der Waals surface area contributed by atoms with Gasteiger partial charge < -0.3 is 10.2 Å². The van der Waals surface area contributed by atoms with E-state index >= 15 is 0 Å². The largest absolute Gasteiger partial charge is 0.340 e. The van der Waals surface area contributed by atoms with Crippen LogP contribution in [-0.4, -0.2) is 55.6 Å². The zero-order valence-electron chi connectivity index (χ0n) is 15.3. The molecule has 2 aromatic carbocycles. The van der Waals surface area contributed by atoms with Crippen LogP contribution in [-0.2, 0) is 14.8 Å². The number of hydrogen-bond donors (Lipinski definition) is 1. The van der Waals surface area contributed by atoms with Gasteiger partial charge in [-0.3, -0.25) is 9.59 Å². The van der Waals surface area contributed by atoms with Crippen LogP contribution in [0.5, 0.6) is 0 Å². The summed E-state index contributed by atoms with van der Waals surface area (Å²) in [5.74, 6) is -0.423. The smallest absolute Gasteiger partial charge is 0.255 e. The maximum atomic E-state index is 12.8. The molecular formula is C19H20ClN3O4S. The van der Waals surface area contributed by atoms with Gasteiger partial charge >= 0.3 is 0 Å². The third-order valence-corrected chi connectivity index (χ3v) is 6.67. The van der Waals surface area contributed by atoms with Crippen LogP contribution in [0.4, 0.5) is 5.69 Å². The lowest BCUT2D eigenvalue weighted by Gasteiger charge is -2.33. The predicted molar refractivity (Wildman–Crippen MR) is 107 cm³/mol. The first-order valence-electron chi connectivity index (χ1n) is 8.70. The van der Waals surface area contributed by atoms with Crippen molar-refractivity contribution in [3.8, 4) is 0 Å². The van der Waals surface area contributed by atoms with Crippen molar-refractivity contribution in [3.05, 3.63) is 59.1 Å². The molecule has 0 saturated carbocycles. The molecule has 0 aliphatic carbocycles. The van der Waals surface area contributed by atoms with Crippen molar-refractivity contribution in [1.29, 1.82) is 0 Å². The molecule has 148 valence electrons. The highest BCUT2D eigenvalue weighted by Crippen LogP contribution is 2.20. The normalized spacial score (nSPS) is 15.3. The number of rotatable bonds is 4. The summed E-state index contributed by atoms with van der Waals surface area (Å²) in [4.78, 5) is 25.5. The topological polar surface area (TPSA) is 86.8 Å². The molecule has 0 spiro atoms. The summed E-state index contributed by atoms with van der Waals surface area (Å²) in [6.45, 7) is 2.71. The van der Waals surface area contributed by atoms with Gasteiger partial charge in [0, 0.05) is 49.4 Å². The SMILES string of the molecule is CC(=O)N1CCN(S(=O)(=O)c2ccc(C(=O)Nc3cccc(Cl)c3)cc2)CC1. The molecule has 0 atom stereocenters. The quantitative estimate of drug-likeness (QED) is 0.821. The zero-order chi connectivity index (χ0) is 20.3. The number of sulfonamides is 1. The molecule has 1 saturated heterocycles.